The first-order chi connectivity index (χ1) is 15.8. The van der Waals surface area contributed by atoms with Crippen molar-refractivity contribution < 1.29 is 13.2 Å². The number of hydrogen-bond donors (Lipinski definition) is 1. The fourth-order valence-corrected chi connectivity index (χ4v) is 5.20. The molecular weight excluding hydrogens is 432 g/mol. The van der Waals surface area contributed by atoms with Crippen LogP contribution in [0, 0.1) is 0 Å². The summed E-state index contributed by atoms with van der Waals surface area (Å²) in [5, 5.41) is 3.07. The molecule has 3 aromatic rings. The molecule has 1 aliphatic rings. The van der Waals surface area contributed by atoms with Gasteiger partial charge in [0.15, 0.2) is 0 Å². The smallest absolute Gasteiger partial charge is 0.251 e. The number of anilines is 1. The SMILES string of the molecule is C[C@@H](NC(=O)c1ccc(N(Cc2ccccc2)S(C)(=O)=O)cc1)c1ccc2c(c1)CCCC2. The van der Waals surface area contributed by atoms with Gasteiger partial charge >= 0.3 is 0 Å². The van der Waals surface area contributed by atoms with Crippen LogP contribution in [0.3, 0.4) is 0 Å². The van der Waals surface area contributed by atoms with E-state index in [0.717, 1.165) is 24.0 Å². The number of fused-ring (bicyclic) bond motifs is 1. The van der Waals surface area contributed by atoms with Gasteiger partial charge < -0.3 is 5.32 Å². The topological polar surface area (TPSA) is 66.5 Å². The second-order valence-electron chi connectivity index (χ2n) is 8.73. The van der Waals surface area contributed by atoms with E-state index in [-0.39, 0.29) is 18.5 Å². The fourth-order valence-electron chi connectivity index (χ4n) is 4.31. The first kappa shape index (κ1) is 23.1. The summed E-state index contributed by atoms with van der Waals surface area (Å²) in [4.78, 5) is 12.8. The molecule has 0 saturated heterocycles. The van der Waals surface area contributed by atoms with Crippen molar-refractivity contribution in [1.29, 1.82) is 0 Å². The lowest BCUT2D eigenvalue weighted by molar-refractivity contribution is 0.0940. The van der Waals surface area contributed by atoms with Gasteiger partial charge in [-0.15, -0.1) is 0 Å². The summed E-state index contributed by atoms with van der Waals surface area (Å²) in [6, 6.07) is 22.5. The monoisotopic (exact) mass is 462 g/mol. The Balaban J connectivity index is 1.47. The first-order valence-corrected chi connectivity index (χ1v) is 13.2. The Morgan fingerprint density at radius 1 is 0.939 bits per heavy atom. The highest BCUT2D eigenvalue weighted by Crippen LogP contribution is 2.25. The largest absolute Gasteiger partial charge is 0.346 e. The third kappa shape index (κ3) is 5.63. The number of nitrogens with zero attached hydrogens (tertiary/aromatic N) is 1. The number of benzene rings is 3. The van der Waals surface area contributed by atoms with Crippen molar-refractivity contribution in [1.82, 2.24) is 5.32 Å². The molecule has 0 spiro atoms. The van der Waals surface area contributed by atoms with Gasteiger partial charge in [-0.1, -0.05) is 48.5 Å². The zero-order valence-electron chi connectivity index (χ0n) is 19.1. The van der Waals surface area contributed by atoms with Crippen LogP contribution in [0.25, 0.3) is 0 Å². The fraction of sp³-hybridized carbons (Fsp3) is 0.296. The maximum atomic E-state index is 12.8. The van der Waals surface area contributed by atoms with E-state index in [2.05, 4.69) is 23.5 Å². The average molecular weight is 463 g/mol. The summed E-state index contributed by atoms with van der Waals surface area (Å²) >= 11 is 0. The summed E-state index contributed by atoms with van der Waals surface area (Å²) in [6.45, 7) is 2.22. The van der Waals surface area contributed by atoms with E-state index >= 15 is 0 Å². The van der Waals surface area contributed by atoms with Crippen LogP contribution in [-0.2, 0) is 29.4 Å². The molecule has 1 N–H and O–H groups in total. The van der Waals surface area contributed by atoms with E-state index in [9.17, 15) is 13.2 Å². The summed E-state index contributed by atoms with van der Waals surface area (Å²) in [5.74, 6) is -0.180. The molecule has 6 heteroatoms. The Kier molecular flexibility index (Phi) is 6.84. The molecule has 1 atom stereocenters. The van der Waals surface area contributed by atoms with Gasteiger partial charge in [0.2, 0.25) is 10.0 Å². The minimum absolute atomic E-state index is 0.116. The second-order valence-corrected chi connectivity index (χ2v) is 10.6. The number of rotatable bonds is 7. The molecule has 0 bridgehead atoms. The van der Waals surface area contributed by atoms with Gasteiger partial charge in [-0.25, -0.2) is 8.42 Å². The van der Waals surface area contributed by atoms with Crippen molar-refractivity contribution in [3.05, 3.63) is 101 Å². The quantitative estimate of drug-likeness (QED) is 0.536. The Morgan fingerprint density at radius 3 is 2.27 bits per heavy atom. The van der Waals surface area contributed by atoms with Crippen LogP contribution in [-0.4, -0.2) is 20.6 Å². The molecule has 0 aromatic heterocycles. The van der Waals surface area contributed by atoms with E-state index in [1.165, 1.54) is 34.5 Å². The van der Waals surface area contributed by atoms with Gasteiger partial charge in [-0.3, -0.25) is 9.10 Å². The van der Waals surface area contributed by atoms with Gasteiger partial charge in [0.05, 0.1) is 24.5 Å². The molecule has 0 fully saturated rings. The third-order valence-corrected chi connectivity index (χ3v) is 7.35. The predicted molar refractivity (Wildman–Crippen MR) is 133 cm³/mol. The van der Waals surface area contributed by atoms with Crippen molar-refractivity contribution in [3.8, 4) is 0 Å². The number of hydrogen-bond acceptors (Lipinski definition) is 3. The van der Waals surface area contributed by atoms with Crippen LogP contribution in [0.4, 0.5) is 5.69 Å². The van der Waals surface area contributed by atoms with E-state index in [0.29, 0.717) is 11.3 Å². The number of carbonyl (C=O) groups is 1. The van der Waals surface area contributed by atoms with E-state index in [1.54, 1.807) is 24.3 Å². The molecule has 3 aromatic carbocycles. The summed E-state index contributed by atoms with van der Waals surface area (Å²) in [5.41, 5.74) is 5.83. The molecular formula is C27H30N2O3S. The molecule has 172 valence electrons. The minimum atomic E-state index is -3.48. The molecule has 1 amide bonds. The minimum Gasteiger partial charge on any atom is -0.346 e. The first-order valence-electron chi connectivity index (χ1n) is 11.4. The van der Waals surface area contributed by atoms with Gasteiger partial charge in [0.1, 0.15) is 0 Å². The van der Waals surface area contributed by atoms with Crippen LogP contribution >= 0.6 is 0 Å². The standard InChI is InChI=1S/C27H30N2O3S/c1-20(24-13-12-22-10-6-7-11-25(22)18-24)28-27(30)23-14-16-26(17-15-23)29(33(2,31)32)19-21-8-4-3-5-9-21/h3-5,8-9,12-18,20H,6-7,10-11,19H2,1-2H3,(H,28,30)/t20-/m1/s1. The molecule has 0 unspecified atom stereocenters. The summed E-state index contributed by atoms with van der Waals surface area (Å²) in [7, 11) is -3.48. The van der Waals surface area contributed by atoms with Crippen LogP contribution in [0.5, 0.6) is 0 Å². The van der Waals surface area contributed by atoms with Crippen molar-refractivity contribution in [2.45, 2.75) is 45.2 Å². The zero-order chi connectivity index (χ0) is 23.4. The van der Waals surface area contributed by atoms with Gasteiger partial charge in [-0.2, -0.15) is 0 Å². The Bertz CT molecular complexity index is 1220. The van der Waals surface area contributed by atoms with E-state index in [4.69, 9.17) is 0 Å². The number of sulfonamides is 1. The Hall–Kier alpha value is -3.12. The Labute approximate surface area is 196 Å². The number of amides is 1. The summed E-state index contributed by atoms with van der Waals surface area (Å²) < 4.78 is 26.2. The maximum Gasteiger partial charge on any atom is 0.251 e. The average Bonchev–Trinajstić information content (AvgIpc) is 2.82. The van der Waals surface area contributed by atoms with Crippen molar-refractivity contribution >= 4 is 21.6 Å². The lowest BCUT2D eigenvalue weighted by Gasteiger charge is -2.23. The molecule has 4 rings (SSSR count). The molecule has 0 heterocycles. The highest BCUT2D eigenvalue weighted by Gasteiger charge is 2.19. The van der Waals surface area contributed by atoms with Gasteiger partial charge in [-0.05, 0) is 79.1 Å². The normalized spacial score (nSPS) is 14.2. The van der Waals surface area contributed by atoms with Crippen LogP contribution < -0.4 is 9.62 Å². The predicted octanol–water partition coefficient (Wildman–Crippen LogP) is 5.02. The van der Waals surface area contributed by atoms with Gasteiger partial charge in [0, 0.05) is 5.56 Å². The Morgan fingerprint density at radius 2 is 1.61 bits per heavy atom. The zero-order valence-corrected chi connectivity index (χ0v) is 19.9. The third-order valence-electron chi connectivity index (χ3n) is 6.21. The molecule has 5 nitrogen and oxygen atoms in total. The molecule has 33 heavy (non-hydrogen) atoms. The second kappa shape index (κ2) is 9.79. The summed E-state index contributed by atoms with van der Waals surface area (Å²) in [6.07, 6.45) is 5.90. The maximum absolute atomic E-state index is 12.8. The van der Waals surface area contributed by atoms with Gasteiger partial charge in [0.25, 0.3) is 5.91 Å². The van der Waals surface area contributed by atoms with Crippen LogP contribution in [0.15, 0.2) is 72.8 Å². The van der Waals surface area contributed by atoms with E-state index < -0.39 is 10.0 Å². The molecule has 0 saturated carbocycles. The number of aryl methyl sites for hydroxylation is 2. The highest BCUT2D eigenvalue weighted by molar-refractivity contribution is 7.92. The van der Waals surface area contributed by atoms with Crippen molar-refractivity contribution in [3.63, 3.8) is 0 Å². The molecule has 0 aliphatic heterocycles. The van der Waals surface area contributed by atoms with Crippen LogP contribution in [0.2, 0.25) is 0 Å². The number of nitrogens with one attached hydrogen (secondary N) is 1. The van der Waals surface area contributed by atoms with Crippen molar-refractivity contribution in [2.24, 2.45) is 0 Å². The number of carbonyl (C=O) groups excluding carboxylic acids is 1. The van der Waals surface area contributed by atoms with Crippen molar-refractivity contribution in [2.75, 3.05) is 10.6 Å². The lowest BCUT2D eigenvalue weighted by atomic mass is 9.89. The molecule has 1 aliphatic carbocycles. The van der Waals surface area contributed by atoms with Crippen LogP contribution in [0.1, 0.15) is 58.4 Å². The highest BCUT2D eigenvalue weighted by atomic mass is 32.2. The lowest BCUT2D eigenvalue weighted by Crippen LogP contribution is -2.29. The molecule has 0 radical (unpaired) electrons. The van der Waals surface area contributed by atoms with E-state index in [1.807, 2.05) is 37.3 Å².